The monoisotopic (exact) mass is 656 g/mol. The van der Waals surface area contributed by atoms with Crippen LogP contribution in [0.5, 0.6) is 11.5 Å². The van der Waals surface area contributed by atoms with E-state index in [9.17, 15) is 18.3 Å². The molecule has 2 aliphatic rings. The van der Waals surface area contributed by atoms with Crippen molar-refractivity contribution >= 4 is 34.1 Å². The van der Waals surface area contributed by atoms with Crippen LogP contribution in [0.15, 0.2) is 72.8 Å². The van der Waals surface area contributed by atoms with E-state index in [2.05, 4.69) is 46.1 Å². The minimum absolute atomic E-state index is 0. The van der Waals surface area contributed by atoms with Crippen LogP contribution < -0.4 is 14.8 Å². The molecule has 3 aromatic rings. The molecule has 1 saturated heterocycles. The van der Waals surface area contributed by atoms with Gasteiger partial charge in [-0.15, -0.1) is 12.4 Å². The van der Waals surface area contributed by atoms with E-state index in [0.717, 1.165) is 64.4 Å². The number of aryl methyl sites for hydroxylation is 1. The van der Waals surface area contributed by atoms with E-state index < -0.39 is 10.0 Å². The maximum absolute atomic E-state index is 13.6. The normalized spacial score (nSPS) is 19.3. The van der Waals surface area contributed by atoms with Crippen LogP contribution in [0.3, 0.4) is 0 Å². The molecule has 0 spiro atoms. The number of ether oxygens (including phenoxy) is 1. The van der Waals surface area contributed by atoms with Crippen molar-refractivity contribution in [2.24, 2.45) is 0 Å². The van der Waals surface area contributed by atoms with Crippen molar-refractivity contribution in [3.63, 3.8) is 0 Å². The fraction of sp³-hybridized carbons (Fsp3) is 0.441. The maximum Gasteiger partial charge on any atom is 0.318 e. The summed E-state index contributed by atoms with van der Waals surface area (Å²) in [6.45, 7) is 5.33. The van der Waals surface area contributed by atoms with Gasteiger partial charge in [0.05, 0.1) is 12.4 Å². The second kappa shape index (κ2) is 15.8. The first kappa shape index (κ1) is 34.6. The number of nitrogens with zero attached hydrogens (tertiary/aromatic N) is 2. The zero-order valence-corrected chi connectivity index (χ0v) is 27.7. The summed E-state index contributed by atoms with van der Waals surface area (Å²) in [6.07, 6.45) is 5.82. The van der Waals surface area contributed by atoms with Crippen LogP contribution in [0.2, 0.25) is 0 Å². The number of carbonyl (C=O) groups excluding carboxylic acids is 1. The summed E-state index contributed by atoms with van der Waals surface area (Å²) >= 11 is 0. The molecule has 1 saturated carbocycles. The van der Waals surface area contributed by atoms with Crippen LogP contribution >= 0.6 is 12.4 Å². The third-order valence-electron chi connectivity index (χ3n) is 8.61. The molecule has 11 heteroatoms. The fourth-order valence-corrected chi connectivity index (χ4v) is 6.63. The van der Waals surface area contributed by atoms with Crippen LogP contribution in [0.1, 0.15) is 55.2 Å². The molecule has 0 aromatic heterocycles. The van der Waals surface area contributed by atoms with Crippen LogP contribution in [-0.2, 0) is 23.1 Å². The number of sulfonamides is 1. The molecule has 0 atom stereocenters. The van der Waals surface area contributed by atoms with E-state index in [1.54, 1.807) is 24.3 Å². The summed E-state index contributed by atoms with van der Waals surface area (Å²) in [5.41, 5.74) is 4.05. The highest BCUT2D eigenvalue weighted by atomic mass is 35.5. The molecule has 45 heavy (non-hydrogen) atoms. The first-order valence-corrected chi connectivity index (χ1v) is 17.4. The summed E-state index contributed by atoms with van der Waals surface area (Å²) in [6, 6.07) is 23.4. The number of amides is 2. The number of aliphatic hydroxyl groups excluding tert-OH is 1. The van der Waals surface area contributed by atoms with Gasteiger partial charge in [-0.25, -0.2) is 13.2 Å². The number of piperidine rings is 1. The topological polar surface area (TPSA) is 111 Å². The number of hydrogen-bond donors (Lipinski definition) is 3. The fourth-order valence-electron chi connectivity index (χ4n) is 6.07. The Balaban J connectivity index is 0.00000461. The molecule has 0 radical (unpaired) electrons. The van der Waals surface area contributed by atoms with Gasteiger partial charge in [-0.2, -0.15) is 0 Å². The van der Waals surface area contributed by atoms with Gasteiger partial charge in [0.25, 0.3) is 0 Å². The third-order valence-corrected chi connectivity index (χ3v) is 9.21. The number of aliphatic hydroxyl groups is 1. The van der Waals surface area contributed by atoms with Crippen molar-refractivity contribution in [2.45, 2.75) is 76.7 Å². The average molecular weight is 657 g/mol. The van der Waals surface area contributed by atoms with Gasteiger partial charge in [0, 0.05) is 44.0 Å². The number of halogens is 1. The molecule has 2 amide bonds. The quantitative estimate of drug-likeness (QED) is 0.245. The zero-order valence-electron chi connectivity index (χ0n) is 26.0. The van der Waals surface area contributed by atoms with Crippen molar-refractivity contribution in [3.05, 3.63) is 89.5 Å². The van der Waals surface area contributed by atoms with E-state index in [1.165, 1.54) is 16.7 Å². The molecule has 0 bridgehead atoms. The Kier molecular flexibility index (Phi) is 12.1. The Morgan fingerprint density at radius 1 is 0.911 bits per heavy atom. The van der Waals surface area contributed by atoms with Gasteiger partial charge in [0.2, 0.25) is 10.0 Å². The molecular formula is C34H45ClN4O5S. The van der Waals surface area contributed by atoms with Crippen LogP contribution in [0.25, 0.3) is 0 Å². The Hall–Kier alpha value is -3.31. The SMILES string of the molecule is Cc1ccccc1CN(C(=O)N[C@H]1CC[C@@H](O)CC1)C1CCN(Cc2ccc(Oc3ccc(NS(C)(=O)=O)cc3)cc2)CC1.Cl. The van der Waals surface area contributed by atoms with Crippen molar-refractivity contribution in [3.8, 4) is 11.5 Å². The van der Waals surface area contributed by atoms with E-state index >= 15 is 0 Å². The summed E-state index contributed by atoms with van der Waals surface area (Å²) in [5, 5.41) is 13.2. The number of likely N-dealkylation sites (tertiary alicyclic amines) is 1. The number of carbonyl (C=O) groups is 1. The number of urea groups is 1. The third kappa shape index (κ3) is 10.4. The lowest BCUT2D eigenvalue weighted by Gasteiger charge is -2.40. The van der Waals surface area contributed by atoms with Gasteiger partial charge >= 0.3 is 6.03 Å². The Labute approximate surface area is 273 Å². The Morgan fingerprint density at radius 3 is 2.11 bits per heavy atom. The number of hydrogen-bond acceptors (Lipinski definition) is 6. The van der Waals surface area contributed by atoms with Gasteiger partial charge in [0.1, 0.15) is 11.5 Å². The second-order valence-corrected chi connectivity index (χ2v) is 13.9. The van der Waals surface area contributed by atoms with Crippen LogP contribution in [0, 0.1) is 6.92 Å². The van der Waals surface area contributed by atoms with Gasteiger partial charge in [-0.3, -0.25) is 9.62 Å². The highest BCUT2D eigenvalue weighted by Gasteiger charge is 2.30. The Bertz CT molecular complexity index is 1490. The number of rotatable bonds is 10. The summed E-state index contributed by atoms with van der Waals surface area (Å²) in [4.78, 5) is 18.1. The van der Waals surface area contributed by atoms with Crippen molar-refractivity contribution in [1.29, 1.82) is 0 Å². The minimum atomic E-state index is -3.32. The van der Waals surface area contributed by atoms with Crippen LogP contribution in [-0.4, -0.2) is 66.9 Å². The molecule has 2 fully saturated rings. The minimum Gasteiger partial charge on any atom is -0.457 e. The molecule has 5 rings (SSSR count). The largest absolute Gasteiger partial charge is 0.457 e. The number of anilines is 1. The summed E-state index contributed by atoms with van der Waals surface area (Å²) in [7, 11) is -3.32. The lowest BCUT2D eigenvalue weighted by molar-refractivity contribution is 0.0995. The highest BCUT2D eigenvalue weighted by Crippen LogP contribution is 2.26. The van der Waals surface area contributed by atoms with Crippen LogP contribution in [0.4, 0.5) is 10.5 Å². The van der Waals surface area contributed by atoms with Gasteiger partial charge in [0.15, 0.2) is 0 Å². The first-order valence-electron chi connectivity index (χ1n) is 15.5. The zero-order chi connectivity index (χ0) is 31.1. The molecule has 244 valence electrons. The highest BCUT2D eigenvalue weighted by molar-refractivity contribution is 7.92. The predicted octanol–water partition coefficient (Wildman–Crippen LogP) is 6.06. The van der Waals surface area contributed by atoms with E-state index in [0.29, 0.717) is 23.7 Å². The van der Waals surface area contributed by atoms with Crippen molar-refractivity contribution < 1.29 is 23.1 Å². The number of benzene rings is 3. The predicted molar refractivity (Wildman–Crippen MR) is 180 cm³/mol. The molecule has 9 nitrogen and oxygen atoms in total. The molecular weight excluding hydrogens is 612 g/mol. The summed E-state index contributed by atoms with van der Waals surface area (Å²) < 4.78 is 31.2. The summed E-state index contributed by atoms with van der Waals surface area (Å²) in [5.74, 6) is 1.33. The van der Waals surface area contributed by atoms with Crippen molar-refractivity contribution in [1.82, 2.24) is 15.1 Å². The standard InChI is InChI=1S/C34H44N4O5S.ClH/c1-25-5-3-4-6-27(25)24-38(34(40)35-28-9-13-31(39)14-10-28)30-19-21-37(22-20-30)23-26-7-15-32(16-8-26)43-33-17-11-29(12-18-33)36-44(2,41)42;/h3-8,11-12,15-18,28,30-31,36,39H,9-10,13-14,19-24H2,1-2H3,(H,35,40);1H/t28-,31+;. The molecule has 1 heterocycles. The lowest BCUT2D eigenvalue weighted by atomic mass is 9.93. The second-order valence-electron chi connectivity index (χ2n) is 12.2. The van der Waals surface area contributed by atoms with Gasteiger partial charge in [-0.1, -0.05) is 36.4 Å². The smallest absolute Gasteiger partial charge is 0.318 e. The number of nitrogens with one attached hydrogen (secondary N) is 2. The van der Waals surface area contributed by atoms with E-state index in [1.807, 2.05) is 29.2 Å². The van der Waals surface area contributed by atoms with E-state index in [4.69, 9.17) is 4.74 Å². The maximum atomic E-state index is 13.6. The van der Waals surface area contributed by atoms with E-state index in [-0.39, 0.29) is 36.6 Å². The molecule has 3 aromatic carbocycles. The Morgan fingerprint density at radius 2 is 1.51 bits per heavy atom. The first-order chi connectivity index (χ1) is 21.1. The molecule has 1 aliphatic heterocycles. The van der Waals surface area contributed by atoms with Crippen molar-refractivity contribution in [2.75, 3.05) is 24.1 Å². The molecule has 1 aliphatic carbocycles. The lowest BCUT2D eigenvalue weighted by Crippen LogP contribution is -2.52. The molecule has 3 N–H and O–H groups in total. The van der Waals surface area contributed by atoms with Gasteiger partial charge in [-0.05, 0) is 98.5 Å². The van der Waals surface area contributed by atoms with Gasteiger partial charge < -0.3 is 20.1 Å². The molecule has 0 unspecified atom stereocenters. The average Bonchev–Trinajstić information content (AvgIpc) is 3.00.